The predicted octanol–water partition coefficient (Wildman–Crippen LogP) is 2.40. The van der Waals surface area contributed by atoms with Gasteiger partial charge in [-0.25, -0.2) is 13.2 Å². The monoisotopic (exact) mass is 525 g/mol. The van der Waals surface area contributed by atoms with Gasteiger partial charge >= 0.3 is 21.6 Å². The van der Waals surface area contributed by atoms with Crippen molar-refractivity contribution >= 4 is 16.1 Å². The highest BCUT2D eigenvalue weighted by atomic mass is 32.2. The number of rotatable bonds is 3. The van der Waals surface area contributed by atoms with Crippen LogP contribution in [0.3, 0.4) is 0 Å². The molecule has 12 heteroatoms. The molecule has 1 aromatic rings. The zero-order valence-corrected chi connectivity index (χ0v) is 20.2. The molecule has 4 rings (SSSR count). The minimum absolute atomic E-state index is 0.111. The van der Waals surface area contributed by atoms with E-state index in [1.165, 1.54) is 30.3 Å². The average Bonchev–Trinajstić information content (AvgIpc) is 3.32. The van der Waals surface area contributed by atoms with Crippen LogP contribution in [0.25, 0.3) is 0 Å². The van der Waals surface area contributed by atoms with Crippen LogP contribution >= 0.6 is 0 Å². The molecule has 0 saturated carbocycles. The number of urea groups is 1. The number of aliphatic hydroxyl groups is 1. The highest BCUT2D eigenvalue weighted by Gasteiger charge is 2.53. The fraction of sp³-hybridized carbons (Fsp3) is 0.458. The Balaban J connectivity index is 1.54. The van der Waals surface area contributed by atoms with Crippen molar-refractivity contribution in [3.8, 4) is 11.8 Å². The molecule has 3 aliphatic heterocycles. The number of ether oxygens (including phenoxy) is 1. The molecule has 0 aromatic heterocycles. The van der Waals surface area contributed by atoms with Crippen molar-refractivity contribution in [2.75, 3.05) is 45.9 Å². The Morgan fingerprint density at radius 1 is 1.03 bits per heavy atom. The lowest BCUT2D eigenvalue weighted by Gasteiger charge is -2.34. The van der Waals surface area contributed by atoms with Gasteiger partial charge in [-0.15, -0.1) is 0 Å². The number of hydrogen-bond acceptors (Lipinski definition) is 5. The Kier molecular flexibility index (Phi) is 7.75. The van der Waals surface area contributed by atoms with Crippen LogP contribution in [0.15, 0.2) is 47.6 Å². The maximum Gasteiger partial charge on any atom is 0.511 e. The molecule has 194 valence electrons. The van der Waals surface area contributed by atoms with Gasteiger partial charge in [0.2, 0.25) is 0 Å². The Labute approximate surface area is 207 Å². The first-order chi connectivity index (χ1) is 17.1. The van der Waals surface area contributed by atoms with Gasteiger partial charge in [0.1, 0.15) is 0 Å². The van der Waals surface area contributed by atoms with E-state index in [4.69, 9.17) is 4.74 Å². The van der Waals surface area contributed by atoms with Crippen LogP contribution in [-0.4, -0.2) is 85.1 Å². The summed E-state index contributed by atoms with van der Waals surface area (Å²) < 4.78 is 70.4. The molecule has 1 saturated heterocycles. The van der Waals surface area contributed by atoms with Crippen molar-refractivity contribution < 1.29 is 36.2 Å². The minimum Gasteiger partial charge on any atom is -0.392 e. The van der Waals surface area contributed by atoms with E-state index in [2.05, 4.69) is 11.8 Å². The quantitative estimate of drug-likeness (QED) is 0.613. The zero-order chi connectivity index (χ0) is 25.9. The van der Waals surface area contributed by atoms with Gasteiger partial charge in [0.25, 0.3) is 0 Å². The van der Waals surface area contributed by atoms with Gasteiger partial charge < -0.3 is 19.6 Å². The summed E-state index contributed by atoms with van der Waals surface area (Å²) in [6, 6.07) is 4.73. The molecule has 1 atom stereocenters. The summed E-state index contributed by atoms with van der Waals surface area (Å²) >= 11 is 0. The van der Waals surface area contributed by atoms with Gasteiger partial charge in [-0.3, -0.25) is 0 Å². The molecular formula is C24H26F3N3O5S. The van der Waals surface area contributed by atoms with Crippen LogP contribution < -0.4 is 0 Å². The van der Waals surface area contributed by atoms with Crippen LogP contribution in [0.2, 0.25) is 0 Å². The van der Waals surface area contributed by atoms with E-state index in [1.54, 1.807) is 9.80 Å². The lowest BCUT2D eigenvalue weighted by atomic mass is 10.0. The van der Waals surface area contributed by atoms with E-state index >= 15 is 0 Å². The normalized spacial score (nSPS) is 21.5. The van der Waals surface area contributed by atoms with Crippen molar-refractivity contribution in [3.63, 3.8) is 0 Å². The summed E-state index contributed by atoms with van der Waals surface area (Å²) in [5.41, 5.74) is -3.71. The van der Waals surface area contributed by atoms with Gasteiger partial charge in [0, 0.05) is 37.3 Å². The Bertz CT molecular complexity index is 1210. The highest BCUT2D eigenvalue weighted by molar-refractivity contribution is 7.90. The van der Waals surface area contributed by atoms with Crippen molar-refractivity contribution in [2.45, 2.75) is 24.6 Å². The number of amides is 2. The molecule has 3 heterocycles. The second-order valence-electron chi connectivity index (χ2n) is 8.60. The van der Waals surface area contributed by atoms with Gasteiger partial charge in [-0.2, -0.15) is 17.5 Å². The summed E-state index contributed by atoms with van der Waals surface area (Å²) in [6.07, 6.45) is 3.87. The van der Waals surface area contributed by atoms with Crippen LogP contribution in [0.1, 0.15) is 23.6 Å². The zero-order valence-electron chi connectivity index (χ0n) is 19.4. The minimum atomic E-state index is -5.62. The molecule has 1 fully saturated rings. The molecule has 2 amide bonds. The second kappa shape index (κ2) is 10.6. The fourth-order valence-corrected chi connectivity index (χ4v) is 5.29. The van der Waals surface area contributed by atoms with Crippen LogP contribution in [0, 0.1) is 11.8 Å². The molecule has 1 N–H and O–H groups in total. The van der Waals surface area contributed by atoms with E-state index < -0.39 is 28.1 Å². The number of benzene rings is 1. The van der Waals surface area contributed by atoms with Gasteiger partial charge in [-0.05, 0) is 23.6 Å². The largest absolute Gasteiger partial charge is 0.511 e. The van der Waals surface area contributed by atoms with Crippen molar-refractivity contribution in [1.82, 2.24) is 14.1 Å². The Hall–Kier alpha value is -2.85. The van der Waals surface area contributed by atoms with Crippen LogP contribution in [0.5, 0.6) is 0 Å². The molecule has 36 heavy (non-hydrogen) atoms. The fourth-order valence-electron chi connectivity index (χ4n) is 4.24. The summed E-state index contributed by atoms with van der Waals surface area (Å²) in [5, 5.41) is 9.22. The molecule has 0 spiro atoms. The number of nitrogens with zero attached hydrogens (tertiary/aromatic N) is 3. The third-order valence-electron chi connectivity index (χ3n) is 6.19. The summed E-state index contributed by atoms with van der Waals surface area (Å²) in [5.74, 6) is 5.75. The molecule has 1 aromatic carbocycles. The standard InChI is InChI=1S/C24H26F3N3O5S/c25-24(26,27)36(33,34)30-16-20(14-22(30)21-7-5-19(17-31)6-8-21)4-3-18-2-1-9-29(15-18)23(32)28-10-12-35-13-11-28/h2,5-8,14,22,31H,1,9-13,15-17H2/t22-/m0/s1. The van der Waals surface area contributed by atoms with E-state index in [0.29, 0.717) is 60.3 Å². The van der Waals surface area contributed by atoms with E-state index in [-0.39, 0.29) is 24.8 Å². The Morgan fingerprint density at radius 2 is 1.69 bits per heavy atom. The maximum absolute atomic E-state index is 13.4. The summed E-state index contributed by atoms with van der Waals surface area (Å²) in [7, 11) is -5.62. The predicted molar refractivity (Wildman–Crippen MR) is 125 cm³/mol. The number of hydrogen-bond donors (Lipinski definition) is 1. The molecule has 0 aliphatic carbocycles. The number of carbonyl (C=O) groups excluding carboxylic acids is 1. The molecule has 0 unspecified atom stereocenters. The topological polar surface area (TPSA) is 90.4 Å². The SMILES string of the molecule is O=C(N1CCOCC1)N1CCC=C(C#CC2=C[C@@H](c3ccc(CO)cc3)N(S(=O)(=O)C(F)(F)F)C2)C1. The van der Waals surface area contributed by atoms with Gasteiger partial charge in [0.15, 0.2) is 0 Å². The van der Waals surface area contributed by atoms with Gasteiger partial charge in [0.05, 0.1) is 32.4 Å². The van der Waals surface area contributed by atoms with Crippen molar-refractivity contribution in [2.24, 2.45) is 0 Å². The number of alkyl halides is 3. The number of sulfonamides is 1. The molecule has 0 bridgehead atoms. The average molecular weight is 526 g/mol. The summed E-state index contributed by atoms with van der Waals surface area (Å²) in [4.78, 5) is 16.2. The van der Waals surface area contributed by atoms with Gasteiger partial charge in [-0.1, -0.05) is 42.2 Å². The van der Waals surface area contributed by atoms with E-state index in [0.717, 1.165) is 0 Å². The summed E-state index contributed by atoms with van der Waals surface area (Å²) in [6.45, 7) is 2.02. The number of morpholine rings is 1. The van der Waals surface area contributed by atoms with E-state index in [9.17, 15) is 31.5 Å². The van der Waals surface area contributed by atoms with Crippen LogP contribution in [-0.2, 0) is 21.4 Å². The first-order valence-corrected chi connectivity index (χ1v) is 12.9. The van der Waals surface area contributed by atoms with Crippen molar-refractivity contribution in [3.05, 3.63) is 58.7 Å². The molecule has 3 aliphatic rings. The van der Waals surface area contributed by atoms with E-state index in [1.807, 2.05) is 6.08 Å². The molecular weight excluding hydrogens is 499 g/mol. The van der Waals surface area contributed by atoms with Crippen molar-refractivity contribution in [1.29, 1.82) is 0 Å². The lowest BCUT2D eigenvalue weighted by Crippen LogP contribution is -2.49. The molecule has 0 radical (unpaired) electrons. The molecule has 8 nitrogen and oxygen atoms in total. The maximum atomic E-state index is 13.4. The first kappa shape index (κ1) is 26.2. The first-order valence-electron chi connectivity index (χ1n) is 11.4. The highest BCUT2D eigenvalue weighted by Crippen LogP contribution is 2.38. The van der Waals surface area contributed by atoms with Crippen LogP contribution in [0.4, 0.5) is 18.0 Å². The Morgan fingerprint density at radius 3 is 2.33 bits per heavy atom. The number of carbonyl (C=O) groups is 1. The number of aliphatic hydroxyl groups excluding tert-OH is 1. The third kappa shape index (κ3) is 5.59. The smallest absolute Gasteiger partial charge is 0.392 e. The third-order valence-corrected chi connectivity index (χ3v) is 7.75. The second-order valence-corrected chi connectivity index (χ2v) is 10.5. The number of halogens is 3. The lowest BCUT2D eigenvalue weighted by molar-refractivity contribution is -0.0491.